The fourth-order valence-electron chi connectivity index (χ4n) is 5.16. The standard InChI is InChI=1S/C45H30N4/c1-5-15-31(16-6-1)35-25-27-42-39(29-35)37-23-13-14-24-40(37)49(42)41-28-26-36(30-38(41)32-17-7-2-8-18-32)45-47-43(33-19-9-3-10-20-33)46-44(48-45)34-21-11-4-12-22-34/h1-30H/i1D,2D,3D,4D,5D,6D,7D,8D,9D,10D,11D,12D,13D,14D,15D,16D,17D,18D,19D,20D,21D,22D,23D,24D,25D,27D,29D. The molecule has 4 nitrogen and oxygen atoms in total. The molecule has 49 heavy (non-hydrogen) atoms. The zero-order chi connectivity index (χ0) is 56.1. The number of fused-ring (bicyclic) bond motifs is 3. The Kier molecular flexibility index (Phi) is 3.01. The number of aromatic nitrogens is 4. The van der Waals surface area contributed by atoms with Gasteiger partial charge in [0.25, 0.3) is 0 Å². The largest absolute Gasteiger partial charge is 0.309 e. The van der Waals surface area contributed by atoms with Gasteiger partial charge < -0.3 is 4.57 Å². The van der Waals surface area contributed by atoms with Crippen molar-refractivity contribution in [2.24, 2.45) is 0 Å². The zero-order valence-corrected chi connectivity index (χ0v) is 24.5. The highest BCUT2D eigenvalue weighted by Crippen LogP contribution is 2.39. The van der Waals surface area contributed by atoms with Crippen molar-refractivity contribution in [1.82, 2.24) is 19.5 Å². The molecule has 0 amide bonds. The maximum atomic E-state index is 9.60. The van der Waals surface area contributed by atoms with Crippen molar-refractivity contribution in [2.45, 2.75) is 0 Å². The molecule has 0 unspecified atom stereocenters. The highest BCUT2D eigenvalue weighted by atomic mass is 15.0. The zero-order valence-electron chi connectivity index (χ0n) is 51.5. The molecule has 0 fully saturated rings. The van der Waals surface area contributed by atoms with Crippen LogP contribution in [0.5, 0.6) is 0 Å². The van der Waals surface area contributed by atoms with Gasteiger partial charge in [0.2, 0.25) is 0 Å². The van der Waals surface area contributed by atoms with Gasteiger partial charge in [0.15, 0.2) is 17.5 Å². The Labute approximate surface area is 322 Å². The summed E-state index contributed by atoms with van der Waals surface area (Å²) in [5.41, 5.74) is -5.29. The number of benzene rings is 7. The van der Waals surface area contributed by atoms with E-state index in [1.807, 2.05) is 0 Å². The summed E-state index contributed by atoms with van der Waals surface area (Å²) in [5, 5.41) is -0.974. The summed E-state index contributed by atoms with van der Waals surface area (Å²) in [5.74, 6) is -1.92. The van der Waals surface area contributed by atoms with Crippen LogP contribution in [0.15, 0.2) is 181 Å². The molecule has 0 aliphatic heterocycles. The summed E-state index contributed by atoms with van der Waals surface area (Å²) in [4.78, 5) is 13.1. The Balaban J connectivity index is 1.49. The molecule has 0 bridgehead atoms. The smallest absolute Gasteiger partial charge is 0.164 e. The lowest BCUT2D eigenvalue weighted by Crippen LogP contribution is -2.02. The van der Waals surface area contributed by atoms with E-state index in [0.29, 0.717) is 0 Å². The summed E-state index contributed by atoms with van der Waals surface area (Å²) < 4.78 is 236. The van der Waals surface area contributed by atoms with Crippen molar-refractivity contribution < 1.29 is 37.0 Å². The van der Waals surface area contributed by atoms with Gasteiger partial charge in [0, 0.05) is 33.0 Å². The molecule has 0 spiro atoms. The van der Waals surface area contributed by atoms with Gasteiger partial charge >= 0.3 is 0 Å². The average molecular weight is 654 g/mol. The molecule has 9 rings (SSSR count). The predicted molar refractivity (Wildman–Crippen MR) is 201 cm³/mol. The van der Waals surface area contributed by atoms with E-state index in [2.05, 4.69) is 15.0 Å². The monoisotopic (exact) mass is 653 g/mol. The minimum Gasteiger partial charge on any atom is -0.309 e. The normalized spacial score (nSPS) is 19.0. The Hall–Kier alpha value is -6.65. The lowest BCUT2D eigenvalue weighted by molar-refractivity contribution is 1.07. The summed E-state index contributed by atoms with van der Waals surface area (Å²) in [6.45, 7) is 0. The summed E-state index contributed by atoms with van der Waals surface area (Å²) >= 11 is 0. The number of hydrogen-bond acceptors (Lipinski definition) is 3. The second-order valence-electron chi connectivity index (χ2n) is 10.1. The Morgan fingerprint density at radius 2 is 0.878 bits per heavy atom. The van der Waals surface area contributed by atoms with Crippen LogP contribution in [-0.2, 0) is 0 Å². The van der Waals surface area contributed by atoms with Crippen LogP contribution in [0.3, 0.4) is 0 Å². The molecule has 0 N–H and O–H groups in total. The van der Waals surface area contributed by atoms with Crippen LogP contribution in [-0.4, -0.2) is 19.5 Å². The molecular weight excluding hydrogens is 597 g/mol. The van der Waals surface area contributed by atoms with E-state index in [4.69, 9.17) is 31.5 Å². The molecule has 2 heterocycles. The minimum absolute atomic E-state index is 0.241. The highest BCUT2D eigenvalue weighted by Gasteiger charge is 2.19. The number of hydrogen-bond donors (Lipinski definition) is 0. The molecule has 0 atom stereocenters. The van der Waals surface area contributed by atoms with Gasteiger partial charge in [-0.25, -0.2) is 15.0 Å². The van der Waals surface area contributed by atoms with E-state index in [9.17, 15) is 5.48 Å². The quantitative estimate of drug-likeness (QED) is 0.179. The third-order valence-electron chi connectivity index (χ3n) is 7.26. The van der Waals surface area contributed by atoms with Crippen LogP contribution in [0, 0.1) is 0 Å². The van der Waals surface area contributed by atoms with Crippen molar-refractivity contribution in [2.75, 3.05) is 0 Å². The van der Waals surface area contributed by atoms with Gasteiger partial charge in [-0.3, -0.25) is 0 Å². The molecule has 9 aromatic rings. The van der Waals surface area contributed by atoms with Gasteiger partial charge in [0.1, 0.15) is 0 Å². The van der Waals surface area contributed by atoms with Crippen LogP contribution in [0.1, 0.15) is 37.0 Å². The molecule has 0 saturated carbocycles. The van der Waals surface area contributed by atoms with Crippen LogP contribution in [0.4, 0.5) is 0 Å². The first-order valence-electron chi connectivity index (χ1n) is 27.8. The number of nitrogens with zero attached hydrogens (tertiary/aromatic N) is 4. The topological polar surface area (TPSA) is 43.6 Å². The van der Waals surface area contributed by atoms with Crippen molar-refractivity contribution in [3.05, 3.63) is 181 Å². The van der Waals surface area contributed by atoms with Crippen molar-refractivity contribution in [3.8, 4) is 62.1 Å². The molecule has 4 heteroatoms. The van der Waals surface area contributed by atoms with Gasteiger partial charge in [-0.05, 0) is 53.0 Å². The number of rotatable bonds is 6. The van der Waals surface area contributed by atoms with Gasteiger partial charge in [-0.1, -0.05) is 145 Å². The molecule has 0 saturated heterocycles. The second kappa shape index (κ2) is 12.2. The Bertz CT molecular complexity index is 3950. The fourth-order valence-corrected chi connectivity index (χ4v) is 5.16. The van der Waals surface area contributed by atoms with Crippen LogP contribution in [0.25, 0.3) is 83.9 Å². The van der Waals surface area contributed by atoms with E-state index in [1.165, 1.54) is 6.07 Å². The second-order valence-corrected chi connectivity index (χ2v) is 10.1. The molecule has 0 aliphatic rings. The molecule has 230 valence electrons. The van der Waals surface area contributed by atoms with Crippen LogP contribution in [0.2, 0.25) is 0 Å². The highest BCUT2D eigenvalue weighted by molar-refractivity contribution is 6.11. The first kappa shape index (κ1) is 12.1. The number of para-hydroxylation sites is 1. The van der Waals surface area contributed by atoms with Gasteiger partial charge in [-0.2, -0.15) is 0 Å². The lowest BCUT2D eigenvalue weighted by atomic mass is 9.99. The lowest BCUT2D eigenvalue weighted by Gasteiger charge is -2.16. The van der Waals surface area contributed by atoms with E-state index >= 15 is 0 Å². The Morgan fingerprint density at radius 3 is 1.49 bits per heavy atom. The first-order chi connectivity index (χ1) is 35.5. The molecule has 0 radical (unpaired) electrons. The van der Waals surface area contributed by atoms with E-state index < -0.39 is 236 Å². The predicted octanol–water partition coefficient (Wildman–Crippen LogP) is 11.3. The SMILES string of the molecule is [2H]c1c([2H])c([2H])c(-c2nc(-c3ccc(-n4c5c([2H])c([2H])c([2H])c([2H])c5c5c([2H])c(-c6c([2H])c([2H])c([2H])c([2H])c6[2H])c([2H])c([2H])c54)c(-c4c([2H])c([2H])c([2H])c([2H])c4[2H])c3)nc(-c3c([2H])c([2H])c([2H])c([2H])c3[2H])n2)c([2H])c1[2H]. The van der Waals surface area contributed by atoms with Crippen LogP contribution < -0.4 is 0 Å². The van der Waals surface area contributed by atoms with Crippen LogP contribution >= 0.6 is 0 Å². The maximum absolute atomic E-state index is 9.60. The molecule has 0 aliphatic carbocycles. The Morgan fingerprint density at radius 1 is 0.388 bits per heavy atom. The van der Waals surface area contributed by atoms with E-state index in [-0.39, 0.29) is 11.3 Å². The maximum Gasteiger partial charge on any atom is 0.164 e. The average Bonchev–Trinajstić information content (AvgIpc) is 3.79. The summed E-state index contributed by atoms with van der Waals surface area (Å²) in [6.07, 6.45) is 0. The third-order valence-corrected chi connectivity index (χ3v) is 7.26. The van der Waals surface area contributed by atoms with Gasteiger partial charge in [0.05, 0.1) is 53.7 Å². The first-order valence-corrected chi connectivity index (χ1v) is 14.3. The fraction of sp³-hybridized carbons (Fsp3) is 0. The van der Waals surface area contributed by atoms with E-state index in [1.54, 1.807) is 0 Å². The van der Waals surface area contributed by atoms with Crippen molar-refractivity contribution in [1.29, 1.82) is 0 Å². The summed E-state index contributed by atoms with van der Waals surface area (Å²) in [6, 6.07) is -19.3. The van der Waals surface area contributed by atoms with Crippen molar-refractivity contribution in [3.63, 3.8) is 0 Å². The molecule has 7 aromatic carbocycles. The molecule has 2 aromatic heterocycles. The minimum atomic E-state index is -0.915. The summed E-state index contributed by atoms with van der Waals surface area (Å²) in [7, 11) is 0. The van der Waals surface area contributed by atoms with E-state index in [0.717, 1.165) is 16.7 Å². The van der Waals surface area contributed by atoms with Gasteiger partial charge in [-0.15, -0.1) is 0 Å². The van der Waals surface area contributed by atoms with Crippen molar-refractivity contribution >= 4 is 21.8 Å². The third kappa shape index (κ3) is 5.26. The molecular formula is C45H30N4.